The topological polar surface area (TPSA) is 95.2 Å². The van der Waals surface area contributed by atoms with Gasteiger partial charge in [0.25, 0.3) is 0 Å². The first kappa shape index (κ1) is 21.9. The van der Waals surface area contributed by atoms with Crippen LogP contribution in [0.15, 0.2) is 48.2 Å². The zero-order valence-corrected chi connectivity index (χ0v) is 15.2. The number of piperidine rings is 1. The molecule has 0 saturated carbocycles. The fraction of sp³-hybridized carbons (Fsp3) is 0.250. The Morgan fingerprint density at radius 2 is 1.93 bits per heavy atom. The first-order valence-corrected chi connectivity index (χ1v) is 8.62. The van der Waals surface area contributed by atoms with Crippen molar-refractivity contribution < 1.29 is 27.8 Å². The second-order valence-corrected chi connectivity index (χ2v) is 6.03. The highest BCUT2D eigenvalue weighted by molar-refractivity contribution is 5.73. The van der Waals surface area contributed by atoms with Gasteiger partial charge in [-0.15, -0.1) is 0 Å². The van der Waals surface area contributed by atoms with Gasteiger partial charge in [0, 0.05) is 12.3 Å². The first-order chi connectivity index (χ1) is 13.8. The van der Waals surface area contributed by atoms with Crippen LogP contribution >= 0.6 is 0 Å². The minimum Gasteiger partial charge on any atom is -0.475 e. The summed E-state index contributed by atoms with van der Waals surface area (Å²) >= 11 is 0. The molecule has 9 heteroatoms. The standard InChI is InChI=1S/C18H17N3O.C2HF3O2/c19-12-16-4-5-18(21-13-16)22-17-3-1-2-15(11-17)10-14-6-8-20-9-7-14;3-2(4,5)1(6)7/h1-5,10-11,13,20H,6-9H2;(H,6,7). The van der Waals surface area contributed by atoms with Crippen LogP contribution in [-0.2, 0) is 4.79 Å². The molecule has 0 bridgehead atoms. The molecule has 0 amide bonds. The van der Waals surface area contributed by atoms with Crippen molar-refractivity contribution in [3.8, 4) is 17.7 Å². The number of nitrogens with zero attached hydrogens (tertiary/aromatic N) is 2. The number of ether oxygens (including phenoxy) is 1. The minimum atomic E-state index is -5.08. The van der Waals surface area contributed by atoms with Gasteiger partial charge in [0.1, 0.15) is 11.8 Å². The van der Waals surface area contributed by atoms with E-state index in [1.807, 2.05) is 24.3 Å². The average Bonchev–Trinajstić information content (AvgIpc) is 2.69. The van der Waals surface area contributed by atoms with Crippen LogP contribution in [0.5, 0.6) is 11.6 Å². The fourth-order valence-corrected chi connectivity index (χ4v) is 2.42. The van der Waals surface area contributed by atoms with E-state index in [2.05, 4.69) is 22.4 Å². The Balaban J connectivity index is 0.000000370. The second-order valence-electron chi connectivity index (χ2n) is 6.03. The zero-order chi connectivity index (χ0) is 21.3. The van der Waals surface area contributed by atoms with E-state index in [0.717, 1.165) is 37.2 Å². The van der Waals surface area contributed by atoms with Crippen molar-refractivity contribution in [2.75, 3.05) is 13.1 Å². The molecule has 0 unspecified atom stereocenters. The fourth-order valence-electron chi connectivity index (χ4n) is 2.42. The van der Waals surface area contributed by atoms with Gasteiger partial charge in [0.05, 0.1) is 5.56 Å². The van der Waals surface area contributed by atoms with E-state index in [-0.39, 0.29) is 0 Å². The van der Waals surface area contributed by atoms with Crippen LogP contribution in [0, 0.1) is 11.3 Å². The smallest absolute Gasteiger partial charge is 0.475 e. The number of hydrogen-bond acceptors (Lipinski definition) is 5. The number of alkyl halides is 3. The molecule has 0 aliphatic carbocycles. The number of rotatable bonds is 3. The molecule has 2 heterocycles. The Kier molecular flexibility index (Phi) is 7.74. The van der Waals surface area contributed by atoms with E-state index >= 15 is 0 Å². The quantitative estimate of drug-likeness (QED) is 0.797. The predicted molar refractivity (Wildman–Crippen MR) is 99.2 cm³/mol. The first-order valence-electron chi connectivity index (χ1n) is 8.62. The normalized spacial score (nSPS) is 13.5. The van der Waals surface area contributed by atoms with Gasteiger partial charge < -0.3 is 15.2 Å². The van der Waals surface area contributed by atoms with Crippen molar-refractivity contribution in [2.45, 2.75) is 19.0 Å². The number of aromatic nitrogens is 1. The average molecular weight is 405 g/mol. The summed E-state index contributed by atoms with van der Waals surface area (Å²) in [4.78, 5) is 13.0. The van der Waals surface area contributed by atoms with Gasteiger partial charge in [-0.1, -0.05) is 23.8 Å². The summed E-state index contributed by atoms with van der Waals surface area (Å²) in [6.45, 7) is 2.11. The molecule has 3 rings (SSSR count). The number of aliphatic carboxylic acids is 1. The van der Waals surface area contributed by atoms with Gasteiger partial charge in [0.2, 0.25) is 5.88 Å². The maximum atomic E-state index is 10.6. The zero-order valence-electron chi connectivity index (χ0n) is 15.2. The molecule has 1 aromatic carbocycles. The van der Waals surface area contributed by atoms with Crippen molar-refractivity contribution in [3.05, 3.63) is 59.3 Å². The third kappa shape index (κ3) is 7.63. The van der Waals surface area contributed by atoms with Crippen molar-refractivity contribution in [1.82, 2.24) is 10.3 Å². The van der Waals surface area contributed by atoms with E-state index in [0.29, 0.717) is 11.4 Å². The minimum absolute atomic E-state index is 0.491. The Morgan fingerprint density at radius 1 is 1.24 bits per heavy atom. The number of pyridine rings is 1. The summed E-state index contributed by atoms with van der Waals surface area (Å²) < 4.78 is 37.5. The van der Waals surface area contributed by atoms with Gasteiger partial charge in [-0.3, -0.25) is 0 Å². The van der Waals surface area contributed by atoms with Gasteiger partial charge >= 0.3 is 12.1 Å². The lowest BCUT2D eigenvalue weighted by molar-refractivity contribution is -0.192. The molecule has 6 nitrogen and oxygen atoms in total. The van der Waals surface area contributed by atoms with E-state index in [1.165, 1.54) is 11.8 Å². The lowest BCUT2D eigenvalue weighted by Gasteiger charge is -2.15. The number of carbonyl (C=O) groups is 1. The Hall–Kier alpha value is -3.38. The molecule has 0 spiro atoms. The second kappa shape index (κ2) is 10.2. The molecule has 0 atom stereocenters. The molecule has 1 aliphatic rings. The summed E-state index contributed by atoms with van der Waals surface area (Å²) in [6.07, 6.45) is 0.862. The molecule has 2 N–H and O–H groups in total. The van der Waals surface area contributed by atoms with Gasteiger partial charge in [-0.25, -0.2) is 9.78 Å². The van der Waals surface area contributed by atoms with Crippen LogP contribution in [0.1, 0.15) is 24.0 Å². The largest absolute Gasteiger partial charge is 0.490 e. The van der Waals surface area contributed by atoms with Gasteiger partial charge in [0.15, 0.2) is 0 Å². The Bertz CT molecular complexity index is 896. The van der Waals surface area contributed by atoms with Gasteiger partial charge in [-0.05, 0) is 49.7 Å². The molecule has 1 aliphatic heterocycles. The molecule has 0 radical (unpaired) electrons. The Morgan fingerprint density at radius 3 is 2.48 bits per heavy atom. The maximum absolute atomic E-state index is 10.6. The van der Waals surface area contributed by atoms with Crippen molar-refractivity contribution in [3.63, 3.8) is 0 Å². The molecule has 1 saturated heterocycles. The molecule has 29 heavy (non-hydrogen) atoms. The van der Waals surface area contributed by atoms with Crippen LogP contribution in [-0.4, -0.2) is 35.3 Å². The highest BCUT2D eigenvalue weighted by Gasteiger charge is 2.38. The molecule has 152 valence electrons. The number of carboxylic acids is 1. The number of nitrogens with one attached hydrogen (secondary N) is 1. The summed E-state index contributed by atoms with van der Waals surface area (Å²) in [5.74, 6) is -1.52. The van der Waals surface area contributed by atoms with E-state index in [1.54, 1.807) is 12.1 Å². The van der Waals surface area contributed by atoms with E-state index in [4.69, 9.17) is 19.9 Å². The molecule has 2 aromatic rings. The number of hydrogen-bond donors (Lipinski definition) is 2. The van der Waals surface area contributed by atoms with Crippen LogP contribution in [0.2, 0.25) is 0 Å². The van der Waals surface area contributed by atoms with Crippen LogP contribution in [0.4, 0.5) is 13.2 Å². The van der Waals surface area contributed by atoms with Crippen molar-refractivity contribution >= 4 is 12.0 Å². The third-order valence-electron chi connectivity index (χ3n) is 3.81. The van der Waals surface area contributed by atoms with E-state index in [9.17, 15) is 13.2 Å². The predicted octanol–water partition coefficient (Wildman–Crippen LogP) is 4.15. The Labute approximate surface area is 165 Å². The maximum Gasteiger partial charge on any atom is 0.490 e. The van der Waals surface area contributed by atoms with Crippen LogP contribution < -0.4 is 10.1 Å². The summed E-state index contributed by atoms with van der Waals surface area (Å²) in [5.41, 5.74) is 3.13. The van der Waals surface area contributed by atoms with Crippen molar-refractivity contribution in [1.29, 1.82) is 5.26 Å². The van der Waals surface area contributed by atoms with Gasteiger partial charge in [-0.2, -0.15) is 18.4 Å². The third-order valence-corrected chi connectivity index (χ3v) is 3.81. The van der Waals surface area contributed by atoms with Crippen molar-refractivity contribution in [2.24, 2.45) is 0 Å². The lowest BCUT2D eigenvalue weighted by atomic mass is 10.0. The number of nitriles is 1. The number of carboxylic acid groups (broad SMARTS) is 1. The SMILES string of the molecule is N#Cc1ccc(Oc2cccc(C=C3CCNCC3)c2)nc1.O=C(O)C(F)(F)F. The van der Waals surface area contributed by atoms with Crippen LogP contribution in [0.25, 0.3) is 6.08 Å². The highest BCUT2D eigenvalue weighted by Crippen LogP contribution is 2.23. The van der Waals surface area contributed by atoms with E-state index < -0.39 is 12.1 Å². The highest BCUT2D eigenvalue weighted by atomic mass is 19.4. The number of halogens is 3. The molecular weight excluding hydrogens is 387 g/mol. The summed E-state index contributed by atoms with van der Waals surface area (Å²) in [6, 6.07) is 13.4. The molecular formula is C20H18F3N3O3. The lowest BCUT2D eigenvalue weighted by Crippen LogP contribution is -2.22. The number of benzene rings is 1. The van der Waals surface area contributed by atoms with Crippen LogP contribution in [0.3, 0.4) is 0 Å². The summed E-state index contributed by atoms with van der Waals surface area (Å²) in [5, 5.41) is 19.3. The monoisotopic (exact) mass is 405 g/mol. The summed E-state index contributed by atoms with van der Waals surface area (Å²) in [7, 11) is 0. The molecule has 1 fully saturated rings. The molecule has 1 aromatic heterocycles.